The van der Waals surface area contributed by atoms with Crippen molar-refractivity contribution in [1.29, 1.82) is 0 Å². The largest absolute Gasteiger partial charge is 0.342 e. The Bertz CT molecular complexity index is 715. The fourth-order valence-electron chi connectivity index (χ4n) is 4.33. The van der Waals surface area contributed by atoms with E-state index in [9.17, 15) is 9.59 Å². The lowest BCUT2D eigenvalue weighted by Crippen LogP contribution is -2.44. The van der Waals surface area contributed by atoms with Crippen molar-refractivity contribution in [3.63, 3.8) is 0 Å². The molecule has 27 heavy (non-hydrogen) atoms. The van der Waals surface area contributed by atoms with Gasteiger partial charge in [0.25, 0.3) is 5.91 Å². The molecule has 6 nitrogen and oxygen atoms in total. The molecule has 0 atom stereocenters. The van der Waals surface area contributed by atoms with Gasteiger partial charge in [0, 0.05) is 38.0 Å². The lowest BCUT2D eigenvalue weighted by molar-refractivity contribution is -0.135. The first kappa shape index (κ1) is 18.5. The van der Waals surface area contributed by atoms with Crippen LogP contribution < -0.4 is 0 Å². The van der Waals surface area contributed by atoms with Crippen LogP contribution in [0.25, 0.3) is 0 Å². The van der Waals surface area contributed by atoms with Crippen molar-refractivity contribution in [3.8, 4) is 0 Å². The zero-order valence-corrected chi connectivity index (χ0v) is 16.9. The number of aromatic nitrogens is 2. The predicted octanol–water partition coefficient (Wildman–Crippen LogP) is 2.99. The molecule has 148 valence electrons. The number of rotatable bonds is 3. The quantitative estimate of drug-likeness (QED) is 0.819. The van der Waals surface area contributed by atoms with Gasteiger partial charge >= 0.3 is 0 Å². The minimum atomic E-state index is -0.220. The molecule has 1 saturated carbocycles. The fraction of sp³-hybridized carbons (Fsp3) is 0.762. The maximum Gasteiger partial charge on any atom is 0.272 e. The van der Waals surface area contributed by atoms with E-state index >= 15 is 0 Å². The van der Waals surface area contributed by atoms with Crippen LogP contribution in [-0.4, -0.2) is 57.6 Å². The van der Waals surface area contributed by atoms with E-state index in [0.717, 1.165) is 44.5 Å². The van der Waals surface area contributed by atoms with Crippen LogP contribution in [0.1, 0.15) is 81.4 Å². The van der Waals surface area contributed by atoms with Crippen LogP contribution in [0.4, 0.5) is 0 Å². The first-order valence-corrected chi connectivity index (χ1v) is 10.5. The average molecular weight is 373 g/mol. The van der Waals surface area contributed by atoms with E-state index < -0.39 is 0 Å². The summed E-state index contributed by atoms with van der Waals surface area (Å²) in [4.78, 5) is 29.8. The van der Waals surface area contributed by atoms with E-state index in [1.165, 1.54) is 12.8 Å². The Balaban J connectivity index is 1.44. The van der Waals surface area contributed by atoms with Gasteiger partial charge in [-0.3, -0.25) is 14.3 Å². The summed E-state index contributed by atoms with van der Waals surface area (Å²) in [5.41, 5.74) is 1.54. The van der Waals surface area contributed by atoms with Crippen LogP contribution in [0.5, 0.6) is 0 Å². The third-order valence-corrected chi connectivity index (χ3v) is 6.13. The predicted molar refractivity (Wildman–Crippen MR) is 104 cm³/mol. The molecule has 3 fully saturated rings. The molecule has 4 rings (SSSR count). The van der Waals surface area contributed by atoms with Crippen LogP contribution in [0, 0.1) is 5.92 Å². The third-order valence-electron chi connectivity index (χ3n) is 6.13. The summed E-state index contributed by atoms with van der Waals surface area (Å²) in [6.45, 7) is 9.42. The Morgan fingerprint density at radius 2 is 1.59 bits per heavy atom. The molecule has 2 amide bonds. The average Bonchev–Trinajstić information content (AvgIpc) is 3.17. The van der Waals surface area contributed by atoms with Crippen molar-refractivity contribution in [1.82, 2.24) is 19.6 Å². The molecule has 0 aromatic carbocycles. The van der Waals surface area contributed by atoms with E-state index in [2.05, 4.69) is 20.8 Å². The second kappa shape index (κ2) is 6.95. The third kappa shape index (κ3) is 3.76. The first-order valence-electron chi connectivity index (χ1n) is 10.5. The van der Waals surface area contributed by atoms with Crippen molar-refractivity contribution in [3.05, 3.63) is 17.5 Å². The van der Waals surface area contributed by atoms with E-state index in [0.29, 0.717) is 30.6 Å². The van der Waals surface area contributed by atoms with Crippen molar-refractivity contribution >= 4 is 11.8 Å². The van der Waals surface area contributed by atoms with Gasteiger partial charge in [0.1, 0.15) is 5.69 Å². The van der Waals surface area contributed by atoms with Crippen molar-refractivity contribution in [2.24, 2.45) is 5.92 Å². The maximum atomic E-state index is 13.2. The highest BCUT2D eigenvalue weighted by Crippen LogP contribution is 2.40. The molecule has 1 aromatic rings. The highest BCUT2D eigenvalue weighted by atomic mass is 16.2. The normalized spacial score (nSPS) is 21.7. The number of amides is 2. The number of likely N-dealkylation sites (tertiary alicyclic amines) is 2. The summed E-state index contributed by atoms with van der Waals surface area (Å²) in [6.07, 6.45) is 6.17. The van der Waals surface area contributed by atoms with Crippen LogP contribution in [0.3, 0.4) is 0 Å². The van der Waals surface area contributed by atoms with Gasteiger partial charge in [-0.15, -0.1) is 0 Å². The molecule has 2 saturated heterocycles. The molecule has 1 aromatic heterocycles. The second-order valence-electron chi connectivity index (χ2n) is 9.41. The van der Waals surface area contributed by atoms with Gasteiger partial charge in [-0.2, -0.15) is 5.10 Å². The molecule has 6 heteroatoms. The Labute approximate surface area is 161 Å². The Hall–Kier alpha value is -1.85. The van der Waals surface area contributed by atoms with Crippen LogP contribution in [0.2, 0.25) is 0 Å². The van der Waals surface area contributed by atoms with Gasteiger partial charge in [0.05, 0.1) is 11.2 Å². The van der Waals surface area contributed by atoms with Gasteiger partial charge in [-0.25, -0.2) is 0 Å². The zero-order chi connectivity index (χ0) is 19.2. The number of hydrogen-bond acceptors (Lipinski definition) is 3. The summed E-state index contributed by atoms with van der Waals surface area (Å²) in [6, 6.07) is 2.01. The minimum absolute atomic E-state index is 0.0661. The van der Waals surface area contributed by atoms with Gasteiger partial charge in [0.2, 0.25) is 5.91 Å². The number of hydrogen-bond donors (Lipinski definition) is 0. The molecule has 0 bridgehead atoms. The SMILES string of the molecule is CC(C)(C)n1nc(C2CC2)cc1C(=O)N1CCC(C(=O)N2CCCC2)CC1. The highest BCUT2D eigenvalue weighted by molar-refractivity contribution is 5.93. The summed E-state index contributed by atoms with van der Waals surface area (Å²) in [7, 11) is 0. The molecule has 2 aliphatic heterocycles. The van der Waals surface area contributed by atoms with E-state index in [1.54, 1.807) is 0 Å². The molecule has 1 aliphatic carbocycles. The van der Waals surface area contributed by atoms with E-state index in [1.807, 2.05) is 20.5 Å². The highest BCUT2D eigenvalue weighted by Gasteiger charge is 2.35. The Kier molecular flexibility index (Phi) is 4.77. The number of nitrogens with zero attached hydrogens (tertiary/aromatic N) is 4. The van der Waals surface area contributed by atoms with E-state index in [-0.39, 0.29) is 17.4 Å². The van der Waals surface area contributed by atoms with Gasteiger partial charge in [-0.1, -0.05) is 0 Å². The van der Waals surface area contributed by atoms with Crippen LogP contribution >= 0.6 is 0 Å². The molecular weight excluding hydrogens is 340 g/mol. The Morgan fingerprint density at radius 3 is 2.15 bits per heavy atom. The van der Waals surface area contributed by atoms with Crippen molar-refractivity contribution in [2.75, 3.05) is 26.2 Å². The van der Waals surface area contributed by atoms with Gasteiger partial charge in [-0.05, 0) is 65.4 Å². The second-order valence-corrected chi connectivity index (χ2v) is 9.41. The summed E-state index contributed by atoms with van der Waals surface area (Å²) in [5, 5.41) is 4.76. The molecule has 0 N–H and O–H groups in total. The van der Waals surface area contributed by atoms with Gasteiger partial charge < -0.3 is 9.80 Å². The van der Waals surface area contributed by atoms with Crippen molar-refractivity contribution < 1.29 is 9.59 Å². The first-order chi connectivity index (χ1) is 12.8. The monoisotopic (exact) mass is 372 g/mol. The Morgan fingerprint density at radius 1 is 0.963 bits per heavy atom. The lowest BCUT2D eigenvalue weighted by Gasteiger charge is -2.33. The minimum Gasteiger partial charge on any atom is -0.342 e. The summed E-state index contributed by atoms with van der Waals surface area (Å²) < 4.78 is 1.91. The molecule has 0 radical (unpaired) electrons. The maximum absolute atomic E-state index is 13.2. The van der Waals surface area contributed by atoms with E-state index in [4.69, 9.17) is 5.10 Å². The molecule has 3 heterocycles. The summed E-state index contributed by atoms with van der Waals surface area (Å²) in [5.74, 6) is 0.984. The zero-order valence-electron chi connectivity index (χ0n) is 16.9. The van der Waals surface area contributed by atoms with Gasteiger partial charge in [0.15, 0.2) is 0 Å². The molecular formula is C21H32N4O2. The number of carbonyl (C=O) groups is 2. The number of carbonyl (C=O) groups excluding carboxylic acids is 2. The summed E-state index contributed by atoms with van der Waals surface area (Å²) >= 11 is 0. The lowest BCUT2D eigenvalue weighted by atomic mass is 9.95. The fourth-order valence-corrected chi connectivity index (χ4v) is 4.33. The topological polar surface area (TPSA) is 58.4 Å². The van der Waals surface area contributed by atoms with Crippen LogP contribution in [0.15, 0.2) is 6.07 Å². The molecule has 0 unspecified atom stereocenters. The molecule has 3 aliphatic rings. The smallest absolute Gasteiger partial charge is 0.272 e. The van der Waals surface area contributed by atoms with Crippen molar-refractivity contribution in [2.45, 2.75) is 70.8 Å². The standard InChI is InChI=1S/C21H32N4O2/c1-21(2,3)25-18(14-17(22-25)15-6-7-15)20(27)24-12-8-16(9-13-24)19(26)23-10-4-5-11-23/h14-16H,4-13H2,1-3H3. The van der Waals surface area contributed by atoms with Crippen LogP contribution in [-0.2, 0) is 10.3 Å². The number of piperidine rings is 1. The molecule has 0 spiro atoms.